The number of nitrogens with two attached hydrogens (primary N) is 1. The van der Waals surface area contributed by atoms with Gasteiger partial charge in [0, 0.05) is 37.3 Å². The highest BCUT2D eigenvalue weighted by Gasteiger charge is 2.31. The van der Waals surface area contributed by atoms with Gasteiger partial charge in [-0.1, -0.05) is 25.7 Å². The minimum absolute atomic E-state index is 0.155. The minimum Gasteiger partial charge on any atom is -0.368 e. The zero-order valence-corrected chi connectivity index (χ0v) is 14.3. The number of carbonyl (C=O) groups is 2. The highest BCUT2D eigenvalue weighted by atomic mass is 16.2. The monoisotopic (exact) mass is 332 g/mol. The molecule has 1 unspecified atom stereocenters. The van der Waals surface area contributed by atoms with E-state index in [1.807, 2.05) is 9.47 Å². The maximum Gasteiger partial charge on any atom is 0.237 e. The minimum atomic E-state index is -0.364. The van der Waals surface area contributed by atoms with Gasteiger partial charge in [-0.15, -0.1) is 0 Å². The Morgan fingerprint density at radius 3 is 2.58 bits per heavy atom. The molecule has 0 aromatic carbocycles. The SMILES string of the molecule is NC(=O)Cn1ccnc1C1CCCN(C(=O)C2CCCCCC2)C1. The van der Waals surface area contributed by atoms with Crippen LogP contribution in [0.4, 0.5) is 0 Å². The number of imidazole rings is 1. The van der Waals surface area contributed by atoms with Crippen LogP contribution in [-0.4, -0.2) is 39.4 Å². The number of likely N-dealkylation sites (tertiary alicyclic amines) is 1. The van der Waals surface area contributed by atoms with Gasteiger partial charge in [0.15, 0.2) is 0 Å². The topological polar surface area (TPSA) is 81.2 Å². The highest BCUT2D eigenvalue weighted by Crippen LogP contribution is 2.30. The number of primary amides is 1. The molecule has 6 heteroatoms. The summed E-state index contributed by atoms with van der Waals surface area (Å²) in [5, 5.41) is 0. The molecule has 1 atom stereocenters. The van der Waals surface area contributed by atoms with Crippen LogP contribution < -0.4 is 5.73 Å². The first-order valence-corrected chi connectivity index (χ1v) is 9.23. The van der Waals surface area contributed by atoms with Crippen molar-refractivity contribution in [3.63, 3.8) is 0 Å². The normalized spacial score (nSPS) is 23.0. The molecular formula is C18H28N4O2. The Kier molecular flexibility index (Phi) is 5.53. The van der Waals surface area contributed by atoms with Gasteiger partial charge in [0.2, 0.25) is 11.8 Å². The molecule has 1 aliphatic carbocycles. The predicted octanol–water partition coefficient (Wildman–Crippen LogP) is 2.04. The lowest BCUT2D eigenvalue weighted by Gasteiger charge is -2.34. The summed E-state index contributed by atoms with van der Waals surface area (Å²) in [5.74, 6) is 1.25. The predicted molar refractivity (Wildman–Crippen MR) is 91.2 cm³/mol. The molecule has 1 aliphatic heterocycles. The van der Waals surface area contributed by atoms with Gasteiger partial charge < -0.3 is 15.2 Å². The molecule has 0 radical (unpaired) electrons. The van der Waals surface area contributed by atoms with E-state index in [0.717, 1.165) is 38.1 Å². The van der Waals surface area contributed by atoms with E-state index in [1.165, 1.54) is 25.7 Å². The summed E-state index contributed by atoms with van der Waals surface area (Å²) in [6.45, 7) is 1.72. The molecule has 1 saturated carbocycles. The molecule has 0 bridgehead atoms. The Morgan fingerprint density at radius 1 is 1.12 bits per heavy atom. The first-order chi connectivity index (χ1) is 11.6. The zero-order chi connectivity index (χ0) is 16.9. The van der Waals surface area contributed by atoms with E-state index in [4.69, 9.17) is 5.73 Å². The number of hydrogen-bond donors (Lipinski definition) is 1. The van der Waals surface area contributed by atoms with Gasteiger partial charge in [0.1, 0.15) is 12.4 Å². The lowest BCUT2D eigenvalue weighted by molar-refractivity contribution is -0.137. The fraction of sp³-hybridized carbons (Fsp3) is 0.722. The standard InChI is InChI=1S/C18H28N4O2/c19-16(23)13-21-11-9-20-17(21)15-8-5-10-22(12-15)18(24)14-6-3-1-2-4-7-14/h9,11,14-15H,1-8,10,12-13H2,(H2,19,23). The second-order valence-corrected chi connectivity index (χ2v) is 7.19. The van der Waals surface area contributed by atoms with Crippen LogP contribution >= 0.6 is 0 Å². The molecule has 1 saturated heterocycles. The molecule has 2 aliphatic rings. The molecule has 2 heterocycles. The molecule has 1 aromatic rings. The van der Waals surface area contributed by atoms with Crippen molar-refractivity contribution in [1.82, 2.24) is 14.5 Å². The third-order valence-electron chi connectivity index (χ3n) is 5.38. The van der Waals surface area contributed by atoms with Crippen LogP contribution in [0, 0.1) is 5.92 Å². The fourth-order valence-electron chi connectivity index (χ4n) is 4.15. The third kappa shape index (κ3) is 3.97. The first kappa shape index (κ1) is 17.0. The average molecular weight is 332 g/mol. The molecule has 6 nitrogen and oxygen atoms in total. The van der Waals surface area contributed by atoms with E-state index in [1.54, 1.807) is 12.4 Å². The van der Waals surface area contributed by atoms with Crippen molar-refractivity contribution in [2.75, 3.05) is 13.1 Å². The van der Waals surface area contributed by atoms with E-state index in [0.29, 0.717) is 12.5 Å². The number of carbonyl (C=O) groups excluding carboxylic acids is 2. The van der Waals surface area contributed by atoms with Crippen LogP contribution in [0.5, 0.6) is 0 Å². The summed E-state index contributed by atoms with van der Waals surface area (Å²) < 4.78 is 1.83. The second kappa shape index (κ2) is 7.81. The van der Waals surface area contributed by atoms with Gasteiger partial charge in [-0.25, -0.2) is 4.98 Å². The number of nitrogens with zero attached hydrogens (tertiary/aromatic N) is 3. The van der Waals surface area contributed by atoms with Gasteiger partial charge in [-0.3, -0.25) is 9.59 Å². The van der Waals surface area contributed by atoms with Crippen molar-refractivity contribution in [1.29, 1.82) is 0 Å². The van der Waals surface area contributed by atoms with E-state index >= 15 is 0 Å². The Balaban J connectivity index is 1.66. The van der Waals surface area contributed by atoms with E-state index in [-0.39, 0.29) is 24.3 Å². The highest BCUT2D eigenvalue weighted by molar-refractivity contribution is 5.79. The second-order valence-electron chi connectivity index (χ2n) is 7.19. The Labute approximate surface area is 143 Å². The lowest BCUT2D eigenvalue weighted by atomic mass is 9.93. The summed E-state index contributed by atoms with van der Waals surface area (Å²) in [7, 11) is 0. The van der Waals surface area contributed by atoms with Gasteiger partial charge in [-0.2, -0.15) is 0 Å². The molecule has 1 aromatic heterocycles. The summed E-state index contributed by atoms with van der Waals surface area (Å²) in [4.78, 5) is 30.6. The summed E-state index contributed by atoms with van der Waals surface area (Å²) in [6.07, 6.45) is 12.5. The van der Waals surface area contributed by atoms with Gasteiger partial charge in [-0.05, 0) is 25.7 Å². The van der Waals surface area contributed by atoms with Crippen molar-refractivity contribution < 1.29 is 9.59 Å². The van der Waals surface area contributed by atoms with Crippen LogP contribution in [0.3, 0.4) is 0 Å². The maximum atomic E-state index is 12.9. The van der Waals surface area contributed by atoms with Crippen LogP contribution in [-0.2, 0) is 16.1 Å². The molecule has 0 spiro atoms. The van der Waals surface area contributed by atoms with Crippen molar-refractivity contribution in [3.8, 4) is 0 Å². The summed E-state index contributed by atoms with van der Waals surface area (Å²) >= 11 is 0. The molecule has 132 valence electrons. The molecule has 24 heavy (non-hydrogen) atoms. The summed E-state index contributed by atoms with van der Waals surface area (Å²) in [5.41, 5.74) is 5.32. The van der Waals surface area contributed by atoms with Gasteiger partial charge in [0.05, 0.1) is 0 Å². The van der Waals surface area contributed by atoms with Crippen LogP contribution in [0.15, 0.2) is 12.4 Å². The van der Waals surface area contributed by atoms with Crippen molar-refractivity contribution in [3.05, 3.63) is 18.2 Å². The van der Waals surface area contributed by atoms with Crippen LogP contribution in [0.2, 0.25) is 0 Å². The number of rotatable bonds is 4. The van der Waals surface area contributed by atoms with Gasteiger partial charge >= 0.3 is 0 Å². The Hall–Kier alpha value is -1.85. The Morgan fingerprint density at radius 2 is 1.88 bits per heavy atom. The number of piperidine rings is 1. The Bertz CT molecular complexity index is 575. The zero-order valence-electron chi connectivity index (χ0n) is 14.3. The lowest BCUT2D eigenvalue weighted by Crippen LogP contribution is -2.43. The molecular weight excluding hydrogens is 304 g/mol. The molecule has 2 amide bonds. The largest absolute Gasteiger partial charge is 0.368 e. The van der Waals surface area contributed by atoms with Gasteiger partial charge in [0.25, 0.3) is 0 Å². The number of aromatic nitrogens is 2. The van der Waals surface area contributed by atoms with E-state index in [2.05, 4.69) is 4.98 Å². The molecule has 3 rings (SSSR count). The van der Waals surface area contributed by atoms with E-state index < -0.39 is 0 Å². The average Bonchev–Trinajstić information content (AvgIpc) is 2.86. The van der Waals surface area contributed by atoms with E-state index in [9.17, 15) is 9.59 Å². The number of amides is 2. The number of hydrogen-bond acceptors (Lipinski definition) is 3. The quantitative estimate of drug-likeness (QED) is 0.857. The third-order valence-corrected chi connectivity index (χ3v) is 5.38. The first-order valence-electron chi connectivity index (χ1n) is 9.23. The van der Waals surface area contributed by atoms with Crippen LogP contribution in [0.1, 0.15) is 63.1 Å². The van der Waals surface area contributed by atoms with Crippen molar-refractivity contribution in [2.24, 2.45) is 11.7 Å². The van der Waals surface area contributed by atoms with Crippen LogP contribution in [0.25, 0.3) is 0 Å². The maximum absolute atomic E-state index is 12.9. The molecule has 2 N–H and O–H groups in total. The molecule has 2 fully saturated rings. The summed E-state index contributed by atoms with van der Waals surface area (Å²) in [6, 6.07) is 0. The van der Waals surface area contributed by atoms with Crippen molar-refractivity contribution >= 4 is 11.8 Å². The van der Waals surface area contributed by atoms with Crippen molar-refractivity contribution in [2.45, 2.75) is 63.8 Å². The fourth-order valence-corrected chi connectivity index (χ4v) is 4.15. The smallest absolute Gasteiger partial charge is 0.237 e.